The third-order valence-corrected chi connectivity index (χ3v) is 3.83. The molecule has 1 saturated heterocycles. The number of hydrogen-bond donors (Lipinski definition) is 1. The van der Waals surface area contributed by atoms with E-state index in [0.29, 0.717) is 6.42 Å². The van der Waals surface area contributed by atoms with Gasteiger partial charge >= 0.3 is 5.97 Å². The number of carbonyl (C=O) groups is 1. The van der Waals surface area contributed by atoms with Crippen LogP contribution in [-0.2, 0) is 4.79 Å². The first-order chi connectivity index (χ1) is 7.25. The molecule has 2 aliphatic rings. The summed E-state index contributed by atoms with van der Waals surface area (Å²) in [6.45, 7) is 2.45. The van der Waals surface area contributed by atoms with E-state index in [1.807, 2.05) is 0 Å². The van der Waals surface area contributed by atoms with Crippen molar-refractivity contribution in [1.82, 2.24) is 4.90 Å². The molecule has 0 bridgehead atoms. The first-order valence-electron chi connectivity index (χ1n) is 6.21. The van der Waals surface area contributed by atoms with Gasteiger partial charge < -0.3 is 5.11 Å². The highest BCUT2D eigenvalue weighted by Crippen LogP contribution is 2.31. The summed E-state index contributed by atoms with van der Waals surface area (Å²) in [5.74, 6) is 0.131. The van der Waals surface area contributed by atoms with Gasteiger partial charge in [0.15, 0.2) is 0 Å². The van der Waals surface area contributed by atoms with Crippen molar-refractivity contribution < 1.29 is 9.90 Å². The van der Waals surface area contributed by atoms with Crippen LogP contribution in [0.3, 0.4) is 0 Å². The Kier molecular flexibility index (Phi) is 3.62. The van der Waals surface area contributed by atoms with Gasteiger partial charge in [-0.2, -0.15) is 0 Å². The normalized spacial score (nSPS) is 24.3. The number of rotatable bonds is 5. The van der Waals surface area contributed by atoms with E-state index in [4.69, 9.17) is 5.11 Å². The van der Waals surface area contributed by atoms with E-state index in [-0.39, 0.29) is 0 Å². The molecule has 1 aliphatic heterocycles. The molecule has 0 atom stereocenters. The summed E-state index contributed by atoms with van der Waals surface area (Å²) in [7, 11) is 0. The van der Waals surface area contributed by atoms with Crippen molar-refractivity contribution in [3.8, 4) is 0 Å². The van der Waals surface area contributed by atoms with Crippen LogP contribution in [0.15, 0.2) is 0 Å². The molecule has 0 unspecified atom stereocenters. The third-order valence-electron chi connectivity index (χ3n) is 3.83. The molecule has 0 radical (unpaired) electrons. The molecule has 2 fully saturated rings. The van der Waals surface area contributed by atoms with Crippen LogP contribution in [0.4, 0.5) is 0 Å². The Morgan fingerprint density at radius 3 is 2.53 bits per heavy atom. The maximum Gasteiger partial charge on any atom is 0.303 e. The lowest BCUT2D eigenvalue weighted by Crippen LogP contribution is -2.51. The lowest BCUT2D eigenvalue weighted by molar-refractivity contribution is -0.137. The predicted octanol–water partition coefficient (Wildman–Crippen LogP) is 2.12. The van der Waals surface area contributed by atoms with Crippen LogP contribution in [0.25, 0.3) is 0 Å². The molecular formula is C12H21NO2. The van der Waals surface area contributed by atoms with Gasteiger partial charge in [-0.1, -0.05) is 12.8 Å². The van der Waals surface area contributed by atoms with Crippen LogP contribution in [0.1, 0.15) is 44.9 Å². The molecule has 3 heteroatoms. The summed E-state index contributed by atoms with van der Waals surface area (Å²) < 4.78 is 0. The van der Waals surface area contributed by atoms with E-state index in [1.54, 1.807) is 0 Å². The van der Waals surface area contributed by atoms with Gasteiger partial charge in [-0.15, -0.1) is 0 Å². The van der Waals surface area contributed by atoms with Gasteiger partial charge in [0.1, 0.15) is 0 Å². The van der Waals surface area contributed by atoms with E-state index >= 15 is 0 Å². The van der Waals surface area contributed by atoms with Crippen LogP contribution < -0.4 is 0 Å². The zero-order chi connectivity index (χ0) is 10.7. The Labute approximate surface area is 91.5 Å². The molecule has 0 aromatic heterocycles. The lowest BCUT2D eigenvalue weighted by Gasteiger charge is -2.43. The van der Waals surface area contributed by atoms with Gasteiger partial charge in [0.25, 0.3) is 0 Å². The molecule has 0 amide bonds. The highest BCUT2D eigenvalue weighted by Gasteiger charge is 2.32. The Bertz CT molecular complexity index is 218. The van der Waals surface area contributed by atoms with E-state index in [2.05, 4.69) is 4.90 Å². The number of aliphatic carboxylic acids is 1. The molecule has 1 heterocycles. The molecule has 2 rings (SSSR count). The molecule has 86 valence electrons. The van der Waals surface area contributed by atoms with Gasteiger partial charge in [0, 0.05) is 25.6 Å². The second kappa shape index (κ2) is 4.97. The Morgan fingerprint density at radius 1 is 1.27 bits per heavy atom. The molecule has 0 spiro atoms. The number of hydrogen-bond acceptors (Lipinski definition) is 2. The number of carboxylic acids is 1. The topological polar surface area (TPSA) is 40.5 Å². The lowest BCUT2D eigenvalue weighted by atomic mass is 9.92. The van der Waals surface area contributed by atoms with Gasteiger partial charge in [-0.05, 0) is 31.6 Å². The molecular weight excluding hydrogens is 190 g/mol. The summed E-state index contributed by atoms with van der Waals surface area (Å²) in [6.07, 6.45) is 7.91. The van der Waals surface area contributed by atoms with Crippen molar-refractivity contribution >= 4 is 5.97 Å². The Morgan fingerprint density at radius 2 is 1.93 bits per heavy atom. The summed E-state index contributed by atoms with van der Waals surface area (Å²) in [4.78, 5) is 12.9. The van der Waals surface area contributed by atoms with Crippen molar-refractivity contribution in [2.75, 3.05) is 13.1 Å². The molecule has 1 N–H and O–H groups in total. The fraction of sp³-hybridized carbons (Fsp3) is 0.917. The predicted molar refractivity (Wildman–Crippen MR) is 58.8 cm³/mol. The molecule has 0 aromatic carbocycles. The molecule has 3 nitrogen and oxygen atoms in total. The average molecular weight is 211 g/mol. The fourth-order valence-electron chi connectivity index (χ4n) is 2.90. The summed E-state index contributed by atoms with van der Waals surface area (Å²) in [5.41, 5.74) is 0. The summed E-state index contributed by atoms with van der Waals surface area (Å²) in [6, 6.07) is 0.862. The quantitative estimate of drug-likeness (QED) is 0.757. The maximum absolute atomic E-state index is 10.4. The van der Waals surface area contributed by atoms with Crippen molar-refractivity contribution in [3.05, 3.63) is 0 Å². The Hall–Kier alpha value is -0.570. The molecule has 1 aliphatic carbocycles. The van der Waals surface area contributed by atoms with Crippen LogP contribution in [0, 0.1) is 5.92 Å². The minimum atomic E-state index is -0.651. The van der Waals surface area contributed by atoms with Crippen molar-refractivity contribution in [1.29, 1.82) is 0 Å². The Balaban J connectivity index is 1.55. The first-order valence-corrected chi connectivity index (χ1v) is 6.21. The number of carboxylic acid groups (broad SMARTS) is 1. The third kappa shape index (κ3) is 2.94. The maximum atomic E-state index is 10.4. The molecule has 0 aromatic rings. The van der Waals surface area contributed by atoms with Crippen LogP contribution in [0.5, 0.6) is 0 Å². The van der Waals surface area contributed by atoms with E-state index in [0.717, 1.165) is 24.8 Å². The molecule has 1 saturated carbocycles. The highest BCUT2D eigenvalue weighted by molar-refractivity contribution is 5.66. The number of likely N-dealkylation sites (tertiary alicyclic amines) is 1. The zero-order valence-electron chi connectivity index (χ0n) is 9.32. The summed E-state index contributed by atoms with van der Waals surface area (Å²) in [5, 5.41) is 8.53. The standard InChI is InChI=1S/C12H21NO2/c14-12(15)7-3-4-10-8-13(9-10)11-5-1-2-6-11/h10-11H,1-9H2,(H,14,15). The van der Waals surface area contributed by atoms with Gasteiger partial charge in [0.05, 0.1) is 0 Å². The second-order valence-corrected chi connectivity index (χ2v) is 5.04. The second-order valence-electron chi connectivity index (χ2n) is 5.04. The smallest absolute Gasteiger partial charge is 0.303 e. The van der Waals surface area contributed by atoms with Crippen molar-refractivity contribution in [2.45, 2.75) is 51.0 Å². The van der Waals surface area contributed by atoms with Gasteiger partial charge in [-0.3, -0.25) is 9.69 Å². The monoisotopic (exact) mass is 211 g/mol. The zero-order valence-corrected chi connectivity index (χ0v) is 9.32. The van der Waals surface area contributed by atoms with E-state index in [1.165, 1.54) is 38.8 Å². The fourth-order valence-corrected chi connectivity index (χ4v) is 2.90. The summed E-state index contributed by atoms with van der Waals surface area (Å²) >= 11 is 0. The first kappa shape index (κ1) is 10.9. The van der Waals surface area contributed by atoms with E-state index < -0.39 is 5.97 Å². The number of nitrogens with zero attached hydrogens (tertiary/aromatic N) is 1. The highest BCUT2D eigenvalue weighted by atomic mass is 16.4. The average Bonchev–Trinajstić information content (AvgIpc) is 2.60. The van der Waals surface area contributed by atoms with E-state index in [9.17, 15) is 4.79 Å². The molecule has 15 heavy (non-hydrogen) atoms. The van der Waals surface area contributed by atoms with Gasteiger partial charge in [-0.25, -0.2) is 0 Å². The van der Waals surface area contributed by atoms with Crippen molar-refractivity contribution in [3.63, 3.8) is 0 Å². The van der Waals surface area contributed by atoms with Gasteiger partial charge in [0.2, 0.25) is 0 Å². The minimum absolute atomic E-state index is 0.347. The minimum Gasteiger partial charge on any atom is -0.481 e. The van der Waals surface area contributed by atoms with Crippen molar-refractivity contribution in [2.24, 2.45) is 5.92 Å². The van der Waals surface area contributed by atoms with Crippen LogP contribution in [-0.4, -0.2) is 35.1 Å². The van der Waals surface area contributed by atoms with Crippen LogP contribution in [0.2, 0.25) is 0 Å². The largest absolute Gasteiger partial charge is 0.481 e. The SMILES string of the molecule is O=C(O)CCCC1CN(C2CCCC2)C1. The van der Waals surface area contributed by atoms with Crippen LogP contribution >= 0.6 is 0 Å².